The van der Waals surface area contributed by atoms with Crippen molar-refractivity contribution in [2.24, 2.45) is 0 Å². The number of anilines is 1. The van der Waals surface area contributed by atoms with Crippen LogP contribution in [-0.2, 0) is 9.53 Å². The molecule has 0 bridgehead atoms. The van der Waals surface area contributed by atoms with Gasteiger partial charge in [0.2, 0.25) is 5.91 Å². The van der Waals surface area contributed by atoms with Gasteiger partial charge in [0.25, 0.3) is 0 Å². The summed E-state index contributed by atoms with van der Waals surface area (Å²) in [5, 5.41) is 11.5. The average Bonchev–Trinajstić information content (AvgIpc) is 2.47. The molecule has 1 unspecified atom stereocenters. The fourth-order valence-corrected chi connectivity index (χ4v) is 2.27. The number of benzene rings is 1. The average molecular weight is 296 g/mol. The van der Waals surface area contributed by atoms with E-state index in [2.05, 4.69) is 5.32 Å². The molecule has 2 rings (SSSR count). The number of carbonyl (C=O) groups is 2. The van der Waals surface area contributed by atoms with Crippen molar-refractivity contribution in [1.29, 1.82) is 0 Å². The lowest BCUT2D eigenvalue weighted by atomic mass is 10.1. The van der Waals surface area contributed by atoms with Crippen molar-refractivity contribution < 1.29 is 23.8 Å². The molecule has 0 spiro atoms. The zero-order valence-electron chi connectivity index (χ0n) is 11.6. The minimum absolute atomic E-state index is 0.126. The van der Waals surface area contributed by atoms with E-state index in [1.54, 1.807) is 11.8 Å². The summed E-state index contributed by atoms with van der Waals surface area (Å²) in [6.45, 7) is 3.20. The van der Waals surface area contributed by atoms with Gasteiger partial charge in [-0.3, -0.25) is 4.79 Å². The Labute approximate surface area is 121 Å². The van der Waals surface area contributed by atoms with E-state index in [-0.39, 0.29) is 23.8 Å². The fraction of sp³-hybridized carbons (Fsp3) is 0.429. The smallest absolute Gasteiger partial charge is 0.335 e. The van der Waals surface area contributed by atoms with Crippen molar-refractivity contribution in [3.63, 3.8) is 0 Å². The molecule has 6 nitrogen and oxygen atoms in total. The number of hydrogen-bond acceptors (Lipinski definition) is 4. The highest BCUT2D eigenvalue weighted by Gasteiger charge is 2.31. The molecule has 7 heteroatoms. The van der Waals surface area contributed by atoms with Gasteiger partial charge in [0.1, 0.15) is 11.9 Å². The van der Waals surface area contributed by atoms with Crippen LogP contribution < -0.4 is 10.2 Å². The van der Waals surface area contributed by atoms with Crippen molar-refractivity contribution in [3.8, 4) is 0 Å². The van der Waals surface area contributed by atoms with Gasteiger partial charge < -0.3 is 20.1 Å². The molecule has 0 aromatic heterocycles. The van der Waals surface area contributed by atoms with Gasteiger partial charge in [0.15, 0.2) is 0 Å². The van der Waals surface area contributed by atoms with Crippen LogP contribution in [0, 0.1) is 5.82 Å². The number of carboxylic acid groups (broad SMARTS) is 1. The first-order valence-electron chi connectivity index (χ1n) is 6.69. The molecule has 1 saturated heterocycles. The molecule has 0 radical (unpaired) electrons. The Morgan fingerprint density at radius 2 is 2.29 bits per heavy atom. The van der Waals surface area contributed by atoms with Crippen molar-refractivity contribution >= 4 is 17.6 Å². The van der Waals surface area contributed by atoms with Crippen LogP contribution in [0.4, 0.5) is 10.1 Å². The number of likely N-dealkylation sites (N-methyl/N-ethyl adjacent to an activating group) is 1. The maximum Gasteiger partial charge on any atom is 0.335 e. The van der Waals surface area contributed by atoms with E-state index in [9.17, 15) is 14.0 Å². The number of nitrogens with one attached hydrogen (secondary N) is 1. The molecule has 2 N–H and O–H groups in total. The maximum atomic E-state index is 14.1. The molecule has 0 aliphatic carbocycles. The largest absolute Gasteiger partial charge is 0.478 e. The van der Waals surface area contributed by atoms with Gasteiger partial charge in [-0.15, -0.1) is 0 Å². The number of morpholine rings is 1. The maximum absolute atomic E-state index is 14.1. The highest BCUT2D eigenvalue weighted by molar-refractivity contribution is 5.89. The quantitative estimate of drug-likeness (QED) is 0.862. The number of ether oxygens (including phenoxy) is 1. The molecule has 1 aliphatic heterocycles. The lowest BCUT2D eigenvalue weighted by Crippen LogP contribution is -2.54. The Kier molecular flexibility index (Phi) is 4.74. The zero-order valence-corrected chi connectivity index (χ0v) is 11.6. The van der Waals surface area contributed by atoms with E-state index in [0.29, 0.717) is 19.7 Å². The van der Waals surface area contributed by atoms with E-state index >= 15 is 0 Å². The topological polar surface area (TPSA) is 78.9 Å². The predicted octanol–water partition coefficient (Wildman–Crippen LogP) is 0.865. The summed E-state index contributed by atoms with van der Waals surface area (Å²) >= 11 is 0. The lowest BCUT2D eigenvalue weighted by Gasteiger charge is -2.36. The van der Waals surface area contributed by atoms with Crippen molar-refractivity contribution in [2.45, 2.75) is 13.0 Å². The monoisotopic (exact) mass is 296 g/mol. The summed E-state index contributed by atoms with van der Waals surface area (Å²) in [7, 11) is 0. The Bertz CT molecular complexity index is 550. The Morgan fingerprint density at radius 3 is 2.90 bits per heavy atom. The Morgan fingerprint density at radius 1 is 1.52 bits per heavy atom. The Hall–Kier alpha value is -2.15. The highest BCUT2D eigenvalue weighted by atomic mass is 19.1. The molecule has 0 saturated carbocycles. The van der Waals surface area contributed by atoms with Gasteiger partial charge in [0, 0.05) is 13.1 Å². The number of carboxylic acids is 1. The first-order chi connectivity index (χ1) is 10.0. The second-order valence-corrected chi connectivity index (χ2v) is 4.65. The van der Waals surface area contributed by atoms with E-state index in [0.717, 1.165) is 6.07 Å². The normalized spacial score (nSPS) is 18.4. The SMILES string of the molecule is CCNC(=O)C1COCCN1c1ccc(C(=O)O)cc1F. The fourth-order valence-electron chi connectivity index (χ4n) is 2.27. The molecule has 21 heavy (non-hydrogen) atoms. The van der Waals surface area contributed by atoms with Crippen LogP contribution in [0.25, 0.3) is 0 Å². The van der Waals surface area contributed by atoms with Gasteiger partial charge in [0.05, 0.1) is 24.5 Å². The zero-order chi connectivity index (χ0) is 15.4. The van der Waals surface area contributed by atoms with E-state index in [1.165, 1.54) is 12.1 Å². The molecule has 1 aliphatic rings. The number of hydrogen-bond donors (Lipinski definition) is 2. The first kappa shape index (κ1) is 15.2. The number of rotatable bonds is 4. The second kappa shape index (κ2) is 6.53. The van der Waals surface area contributed by atoms with E-state index in [1.807, 2.05) is 0 Å². The van der Waals surface area contributed by atoms with Crippen LogP contribution in [0.1, 0.15) is 17.3 Å². The molecule has 1 aromatic carbocycles. The minimum Gasteiger partial charge on any atom is -0.478 e. The first-order valence-corrected chi connectivity index (χ1v) is 6.69. The number of nitrogens with zero attached hydrogens (tertiary/aromatic N) is 1. The van der Waals surface area contributed by atoms with Gasteiger partial charge in [-0.25, -0.2) is 9.18 Å². The van der Waals surface area contributed by atoms with Crippen LogP contribution in [0.15, 0.2) is 18.2 Å². The molecule has 1 aromatic rings. The highest BCUT2D eigenvalue weighted by Crippen LogP contribution is 2.24. The van der Waals surface area contributed by atoms with E-state index in [4.69, 9.17) is 9.84 Å². The Balaban J connectivity index is 2.29. The lowest BCUT2D eigenvalue weighted by molar-refractivity contribution is -0.124. The van der Waals surface area contributed by atoms with Crippen LogP contribution in [0.3, 0.4) is 0 Å². The van der Waals surface area contributed by atoms with Gasteiger partial charge in [-0.05, 0) is 25.1 Å². The van der Waals surface area contributed by atoms with Crippen LogP contribution in [-0.4, -0.2) is 49.3 Å². The van der Waals surface area contributed by atoms with Gasteiger partial charge >= 0.3 is 5.97 Å². The number of halogens is 1. The third-order valence-corrected chi connectivity index (χ3v) is 3.29. The minimum atomic E-state index is -1.19. The summed E-state index contributed by atoms with van der Waals surface area (Å²) in [5.74, 6) is -2.09. The summed E-state index contributed by atoms with van der Waals surface area (Å²) in [6.07, 6.45) is 0. The van der Waals surface area contributed by atoms with Crippen LogP contribution in [0.5, 0.6) is 0 Å². The standard InChI is InChI=1S/C14H17FN2O4/c1-2-16-13(18)12-8-21-6-5-17(12)11-4-3-9(14(19)20)7-10(11)15/h3-4,7,12H,2,5-6,8H2,1H3,(H,16,18)(H,19,20). The number of amides is 1. The van der Waals surface area contributed by atoms with Gasteiger partial charge in [-0.1, -0.05) is 0 Å². The van der Waals surface area contributed by atoms with Gasteiger partial charge in [-0.2, -0.15) is 0 Å². The summed E-state index contributed by atoms with van der Waals surface area (Å²) < 4.78 is 19.4. The third-order valence-electron chi connectivity index (χ3n) is 3.29. The van der Waals surface area contributed by atoms with Crippen molar-refractivity contribution in [2.75, 3.05) is 31.2 Å². The molecule has 114 valence electrons. The summed E-state index contributed by atoms with van der Waals surface area (Å²) in [5.41, 5.74) is 0.0821. The number of carbonyl (C=O) groups excluding carboxylic acids is 1. The molecule has 1 fully saturated rings. The van der Waals surface area contributed by atoms with Crippen molar-refractivity contribution in [3.05, 3.63) is 29.6 Å². The van der Waals surface area contributed by atoms with E-state index < -0.39 is 17.8 Å². The summed E-state index contributed by atoms with van der Waals surface area (Å²) in [4.78, 5) is 24.5. The van der Waals surface area contributed by atoms with Crippen LogP contribution >= 0.6 is 0 Å². The number of aromatic carboxylic acids is 1. The molecular formula is C14H17FN2O4. The second-order valence-electron chi connectivity index (χ2n) is 4.65. The third kappa shape index (κ3) is 3.30. The summed E-state index contributed by atoms with van der Waals surface area (Å²) in [6, 6.07) is 3.05. The molecule has 1 amide bonds. The predicted molar refractivity (Wildman–Crippen MR) is 74.0 cm³/mol. The molecular weight excluding hydrogens is 279 g/mol. The van der Waals surface area contributed by atoms with Crippen LogP contribution in [0.2, 0.25) is 0 Å². The molecule has 1 atom stereocenters. The molecule has 1 heterocycles. The van der Waals surface area contributed by atoms with Crippen molar-refractivity contribution in [1.82, 2.24) is 5.32 Å².